The lowest BCUT2D eigenvalue weighted by Gasteiger charge is -2.26. The molecular formula is C13H14N6O2. The van der Waals surface area contributed by atoms with E-state index in [2.05, 4.69) is 20.9 Å². The summed E-state index contributed by atoms with van der Waals surface area (Å²) in [6, 6.07) is 6.58. The third-order valence-corrected chi connectivity index (χ3v) is 3.30. The second-order valence-corrected chi connectivity index (χ2v) is 4.79. The molecule has 1 aromatic carbocycles. The monoisotopic (exact) mass is 286 g/mol. The predicted octanol–water partition coefficient (Wildman–Crippen LogP) is -0.226. The molecule has 21 heavy (non-hydrogen) atoms. The molecule has 2 amide bonds. The lowest BCUT2D eigenvalue weighted by molar-refractivity contribution is 0.0998. The fourth-order valence-electron chi connectivity index (χ4n) is 1.93. The van der Waals surface area contributed by atoms with Crippen LogP contribution in [-0.4, -0.2) is 39.9 Å². The van der Waals surface area contributed by atoms with Crippen molar-refractivity contribution in [2.75, 3.05) is 18.4 Å². The van der Waals surface area contributed by atoms with Crippen LogP contribution < -0.4 is 16.4 Å². The maximum Gasteiger partial charge on any atom is 0.277 e. The number of anilines is 1. The van der Waals surface area contributed by atoms with Crippen molar-refractivity contribution < 1.29 is 9.59 Å². The Hall–Kier alpha value is -2.74. The van der Waals surface area contributed by atoms with Gasteiger partial charge in [0, 0.05) is 24.3 Å². The van der Waals surface area contributed by atoms with Crippen LogP contribution in [0.4, 0.5) is 5.69 Å². The van der Waals surface area contributed by atoms with Gasteiger partial charge in [0.15, 0.2) is 5.69 Å². The standard InChI is InChI=1S/C13H14N6O2/c14-12(20)8-1-3-9(4-2-8)16-13(21)11-7-19(18-17-11)10-5-15-6-10/h1-4,7,10,15H,5-6H2,(H2,14,20)(H,16,21). The summed E-state index contributed by atoms with van der Waals surface area (Å²) in [5.41, 5.74) is 6.35. The number of nitrogens with zero attached hydrogens (tertiary/aromatic N) is 3. The molecule has 0 spiro atoms. The lowest BCUT2D eigenvalue weighted by atomic mass is 10.2. The average molecular weight is 286 g/mol. The van der Waals surface area contributed by atoms with E-state index in [0.29, 0.717) is 11.3 Å². The van der Waals surface area contributed by atoms with Crippen molar-refractivity contribution >= 4 is 17.5 Å². The van der Waals surface area contributed by atoms with Gasteiger partial charge in [-0.1, -0.05) is 5.21 Å². The zero-order valence-electron chi connectivity index (χ0n) is 11.1. The van der Waals surface area contributed by atoms with Crippen molar-refractivity contribution in [2.24, 2.45) is 5.73 Å². The molecule has 2 aromatic rings. The van der Waals surface area contributed by atoms with Crippen LogP contribution in [-0.2, 0) is 0 Å². The molecule has 0 bridgehead atoms. The number of amides is 2. The van der Waals surface area contributed by atoms with E-state index < -0.39 is 5.91 Å². The summed E-state index contributed by atoms with van der Waals surface area (Å²) >= 11 is 0. The SMILES string of the molecule is NC(=O)c1ccc(NC(=O)c2cn(C3CNC3)nn2)cc1. The van der Waals surface area contributed by atoms with E-state index >= 15 is 0 Å². The summed E-state index contributed by atoms with van der Waals surface area (Å²) in [4.78, 5) is 23.0. The first kappa shape index (κ1) is 13.3. The first-order valence-corrected chi connectivity index (χ1v) is 6.47. The molecule has 3 rings (SSSR count). The highest BCUT2D eigenvalue weighted by Crippen LogP contribution is 2.12. The Balaban J connectivity index is 1.67. The Morgan fingerprint density at radius 1 is 1.29 bits per heavy atom. The van der Waals surface area contributed by atoms with Crippen LogP contribution >= 0.6 is 0 Å². The molecule has 1 fully saturated rings. The minimum atomic E-state index is -0.509. The highest BCUT2D eigenvalue weighted by atomic mass is 16.2. The number of hydrogen-bond acceptors (Lipinski definition) is 5. The summed E-state index contributed by atoms with van der Waals surface area (Å²) in [7, 11) is 0. The summed E-state index contributed by atoms with van der Waals surface area (Å²) < 4.78 is 1.68. The first-order chi connectivity index (χ1) is 10.1. The van der Waals surface area contributed by atoms with E-state index in [1.165, 1.54) is 0 Å². The number of primary amides is 1. The van der Waals surface area contributed by atoms with Crippen LogP contribution in [0.1, 0.15) is 26.9 Å². The number of rotatable bonds is 4. The summed E-state index contributed by atoms with van der Waals surface area (Å²) in [6.07, 6.45) is 1.62. The summed E-state index contributed by atoms with van der Waals surface area (Å²) in [5, 5.41) is 13.6. The number of aromatic nitrogens is 3. The number of carbonyl (C=O) groups is 2. The molecule has 8 heteroatoms. The summed E-state index contributed by atoms with van der Waals surface area (Å²) in [6.45, 7) is 1.66. The fourth-order valence-corrected chi connectivity index (χ4v) is 1.93. The second kappa shape index (κ2) is 5.33. The van der Waals surface area contributed by atoms with Crippen LogP contribution in [0.5, 0.6) is 0 Å². The van der Waals surface area contributed by atoms with E-state index in [9.17, 15) is 9.59 Å². The van der Waals surface area contributed by atoms with Gasteiger partial charge in [-0.05, 0) is 24.3 Å². The minimum Gasteiger partial charge on any atom is -0.366 e. The Kier molecular flexibility index (Phi) is 3.36. The number of hydrogen-bond donors (Lipinski definition) is 3. The first-order valence-electron chi connectivity index (χ1n) is 6.47. The zero-order chi connectivity index (χ0) is 14.8. The van der Waals surface area contributed by atoms with Crippen molar-refractivity contribution in [2.45, 2.75) is 6.04 Å². The number of carbonyl (C=O) groups excluding carboxylic acids is 2. The molecule has 4 N–H and O–H groups in total. The van der Waals surface area contributed by atoms with E-state index in [1.807, 2.05) is 0 Å². The van der Waals surface area contributed by atoms with Gasteiger partial charge in [-0.25, -0.2) is 4.68 Å². The molecule has 8 nitrogen and oxygen atoms in total. The van der Waals surface area contributed by atoms with Crippen LogP contribution in [0.15, 0.2) is 30.5 Å². The van der Waals surface area contributed by atoms with Crippen molar-refractivity contribution in [1.82, 2.24) is 20.3 Å². The zero-order valence-corrected chi connectivity index (χ0v) is 11.1. The highest BCUT2D eigenvalue weighted by Gasteiger charge is 2.21. The van der Waals surface area contributed by atoms with Gasteiger partial charge in [-0.3, -0.25) is 9.59 Å². The number of benzene rings is 1. The predicted molar refractivity (Wildman–Crippen MR) is 74.8 cm³/mol. The van der Waals surface area contributed by atoms with E-state index in [0.717, 1.165) is 13.1 Å². The molecule has 0 atom stereocenters. The number of nitrogens with two attached hydrogens (primary N) is 1. The molecule has 0 saturated carbocycles. The van der Waals surface area contributed by atoms with Crippen molar-refractivity contribution in [3.8, 4) is 0 Å². The van der Waals surface area contributed by atoms with Gasteiger partial charge in [-0.2, -0.15) is 0 Å². The topological polar surface area (TPSA) is 115 Å². The van der Waals surface area contributed by atoms with Crippen molar-refractivity contribution in [3.63, 3.8) is 0 Å². The van der Waals surface area contributed by atoms with E-state index in [-0.39, 0.29) is 17.6 Å². The molecule has 2 heterocycles. The van der Waals surface area contributed by atoms with Crippen molar-refractivity contribution in [1.29, 1.82) is 0 Å². The Morgan fingerprint density at radius 2 is 2.00 bits per heavy atom. The molecule has 1 saturated heterocycles. The Morgan fingerprint density at radius 3 is 2.57 bits per heavy atom. The van der Waals surface area contributed by atoms with E-state index in [1.54, 1.807) is 35.1 Å². The van der Waals surface area contributed by atoms with Crippen LogP contribution in [0.25, 0.3) is 0 Å². The maximum atomic E-state index is 12.0. The maximum absolute atomic E-state index is 12.0. The van der Waals surface area contributed by atoms with Gasteiger partial charge in [0.2, 0.25) is 5.91 Å². The fraction of sp³-hybridized carbons (Fsp3) is 0.231. The van der Waals surface area contributed by atoms with Gasteiger partial charge in [0.1, 0.15) is 0 Å². The van der Waals surface area contributed by atoms with Gasteiger partial charge < -0.3 is 16.4 Å². The van der Waals surface area contributed by atoms with Gasteiger partial charge in [-0.15, -0.1) is 5.10 Å². The average Bonchev–Trinajstić information content (AvgIpc) is 2.86. The molecule has 0 radical (unpaired) electrons. The highest BCUT2D eigenvalue weighted by molar-refractivity contribution is 6.03. The Labute approximate surface area is 120 Å². The Bertz CT molecular complexity index is 674. The van der Waals surface area contributed by atoms with Gasteiger partial charge in [0.25, 0.3) is 5.91 Å². The number of nitrogens with one attached hydrogen (secondary N) is 2. The molecule has 1 aliphatic heterocycles. The lowest BCUT2D eigenvalue weighted by Crippen LogP contribution is -2.43. The molecule has 108 valence electrons. The smallest absolute Gasteiger partial charge is 0.277 e. The molecule has 1 aromatic heterocycles. The van der Waals surface area contributed by atoms with Crippen LogP contribution in [0, 0.1) is 0 Å². The molecule has 0 unspecified atom stereocenters. The third-order valence-electron chi connectivity index (χ3n) is 3.30. The van der Waals surface area contributed by atoms with Crippen LogP contribution in [0.3, 0.4) is 0 Å². The van der Waals surface area contributed by atoms with Gasteiger partial charge in [0.05, 0.1) is 12.2 Å². The molecular weight excluding hydrogens is 272 g/mol. The molecule has 0 aliphatic carbocycles. The quantitative estimate of drug-likeness (QED) is 0.718. The van der Waals surface area contributed by atoms with Gasteiger partial charge >= 0.3 is 0 Å². The van der Waals surface area contributed by atoms with Crippen molar-refractivity contribution in [3.05, 3.63) is 41.7 Å². The minimum absolute atomic E-state index is 0.251. The van der Waals surface area contributed by atoms with Crippen LogP contribution in [0.2, 0.25) is 0 Å². The second-order valence-electron chi connectivity index (χ2n) is 4.79. The normalized spacial score (nSPS) is 14.5. The summed E-state index contributed by atoms with van der Waals surface area (Å²) in [5.74, 6) is -0.856. The largest absolute Gasteiger partial charge is 0.366 e. The third kappa shape index (κ3) is 2.75. The van der Waals surface area contributed by atoms with E-state index in [4.69, 9.17) is 5.73 Å². The molecule has 1 aliphatic rings.